The van der Waals surface area contributed by atoms with Gasteiger partial charge in [-0.3, -0.25) is 4.79 Å². The molecular formula is C15H23NO3S. The number of nitrogens with two attached hydrogens (primary N) is 1. The average Bonchev–Trinajstić information content (AvgIpc) is 2.38. The van der Waals surface area contributed by atoms with Crippen LogP contribution in [0, 0.1) is 0 Å². The number of unbranched alkanes of at least 4 members (excludes halogenated alkanes) is 1. The molecule has 0 saturated carbocycles. The van der Waals surface area contributed by atoms with Gasteiger partial charge in [0.05, 0.1) is 5.75 Å². The average molecular weight is 297 g/mol. The third kappa shape index (κ3) is 5.43. The zero-order valence-corrected chi connectivity index (χ0v) is 12.9. The number of sulfone groups is 1. The van der Waals surface area contributed by atoms with E-state index >= 15 is 0 Å². The Morgan fingerprint density at radius 1 is 1.15 bits per heavy atom. The summed E-state index contributed by atoms with van der Waals surface area (Å²) in [4.78, 5) is 12.0. The highest BCUT2D eigenvalue weighted by molar-refractivity contribution is 7.92. The zero-order chi connectivity index (χ0) is 15.2. The number of carbonyl (C=O) groups excluding carboxylic acids is 1. The van der Waals surface area contributed by atoms with Crippen LogP contribution in [0.15, 0.2) is 24.3 Å². The molecule has 0 amide bonds. The summed E-state index contributed by atoms with van der Waals surface area (Å²) in [6, 6.07) is 7.15. The number of Topliss-reactive ketones (excluding diaryl/α,β-unsaturated/α-hetero) is 1. The molecule has 0 aliphatic rings. The van der Waals surface area contributed by atoms with E-state index in [2.05, 4.69) is 13.8 Å². The van der Waals surface area contributed by atoms with Crippen LogP contribution >= 0.6 is 0 Å². The lowest BCUT2D eigenvalue weighted by atomic mass is 10.0. The van der Waals surface area contributed by atoms with Crippen molar-refractivity contribution in [2.45, 2.75) is 32.6 Å². The van der Waals surface area contributed by atoms with Gasteiger partial charge in [-0.15, -0.1) is 0 Å². The molecule has 0 unspecified atom stereocenters. The van der Waals surface area contributed by atoms with Gasteiger partial charge in [-0.1, -0.05) is 38.1 Å². The maximum Gasteiger partial charge on any atom is 0.177 e. The van der Waals surface area contributed by atoms with Crippen LogP contribution in [-0.4, -0.2) is 32.3 Å². The Bertz CT molecular complexity index is 533. The number of benzene rings is 1. The summed E-state index contributed by atoms with van der Waals surface area (Å²) in [5.41, 5.74) is 6.91. The van der Waals surface area contributed by atoms with E-state index in [0.717, 1.165) is 5.56 Å². The number of rotatable bonds is 8. The lowest BCUT2D eigenvalue weighted by molar-refractivity contribution is 0.102. The van der Waals surface area contributed by atoms with Crippen molar-refractivity contribution in [2.24, 2.45) is 5.73 Å². The van der Waals surface area contributed by atoms with Crippen LogP contribution in [0.3, 0.4) is 0 Å². The van der Waals surface area contributed by atoms with E-state index in [1.807, 2.05) is 12.1 Å². The molecule has 0 bridgehead atoms. The van der Waals surface area contributed by atoms with E-state index in [-0.39, 0.29) is 11.5 Å². The third-order valence-corrected chi connectivity index (χ3v) is 4.77. The molecule has 2 N–H and O–H groups in total. The van der Waals surface area contributed by atoms with Gasteiger partial charge in [-0.2, -0.15) is 0 Å². The number of hydrogen-bond acceptors (Lipinski definition) is 4. The Balaban J connectivity index is 2.66. The van der Waals surface area contributed by atoms with E-state index in [0.29, 0.717) is 30.9 Å². The molecule has 1 aromatic carbocycles. The van der Waals surface area contributed by atoms with Gasteiger partial charge in [0, 0.05) is 5.56 Å². The maximum absolute atomic E-state index is 12.0. The molecule has 4 nitrogen and oxygen atoms in total. The first kappa shape index (κ1) is 16.9. The first-order valence-electron chi connectivity index (χ1n) is 6.89. The molecule has 0 aromatic heterocycles. The second-order valence-electron chi connectivity index (χ2n) is 5.29. The molecule has 1 rings (SSSR count). The second-order valence-corrected chi connectivity index (χ2v) is 7.47. The van der Waals surface area contributed by atoms with Gasteiger partial charge < -0.3 is 5.73 Å². The molecule has 0 spiro atoms. The second kappa shape index (κ2) is 7.55. The van der Waals surface area contributed by atoms with Crippen molar-refractivity contribution in [1.82, 2.24) is 0 Å². The predicted octanol–water partition coefficient (Wildman–Crippen LogP) is 2.15. The molecule has 0 fully saturated rings. The van der Waals surface area contributed by atoms with Crippen molar-refractivity contribution in [1.29, 1.82) is 0 Å². The summed E-state index contributed by atoms with van der Waals surface area (Å²) >= 11 is 0. The van der Waals surface area contributed by atoms with Gasteiger partial charge in [0.2, 0.25) is 0 Å². The van der Waals surface area contributed by atoms with Crippen LogP contribution in [0.1, 0.15) is 48.5 Å². The molecule has 0 aliphatic carbocycles. The Morgan fingerprint density at radius 2 is 1.75 bits per heavy atom. The molecule has 0 radical (unpaired) electrons. The van der Waals surface area contributed by atoms with E-state index in [9.17, 15) is 13.2 Å². The minimum Gasteiger partial charge on any atom is -0.330 e. The van der Waals surface area contributed by atoms with Crippen molar-refractivity contribution >= 4 is 15.6 Å². The maximum atomic E-state index is 12.0. The van der Waals surface area contributed by atoms with Crippen molar-refractivity contribution in [3.63, 3.8) is 0 Å². The van der Waals surface area contributed by atoms with Gasteiger partial charge in [-0.25, -0.2) is 8.42 Å². The molecule has 0 atom stereocenters. The molecule has 5 heteroatoms. The van der Waals surface area contributed by atoms with Crippen molar-refractivity contribution < 1.29 is 13.2 Å². The van der Waals surface area contributed by atoms with E-state index in [1.54, 1.807) is 12.1 Å². The normalized spacial score (nSPS) is 11.8. The Morgan fingerprint density at radius 3 is 2.25 bits per heavy atom. The summed E-state index contributed by atoms with van der Waals surface area (Å²) in [5.74, 6) is -0.342. The zero-order valence-electron chi connectivity index (χ0n) is 12.1. The fourth-order valence-corrected chi connectivity index (χ4v) is 3.23. The molecule has 20 heavy (non-hydrogen) atoms. The third-order valence-electron chi connectivity index (χ3n) is 3.16. The Kier molecular flexibility index (Phi) is 6.36. The van der Waals surface area contributed by atoms with Crippen LogP contribution in [0.4, 0.5) is 0 Å². The highest BCUT2D eigenvalue weighted by Crippen LogP contribution is 2.15. The molecule has 1 aromatic rings. The number of hydrogen-bond donors (Lipinski definition) is 1. The summed E-state index contributed by atoms with van der Waals surface area (Å²) in [5, 5.41) is 0. The van der Waals surface area contributed by atoms with E-state index in [4.69, 9.17) is 5.73 Å². The quantitative estimate of drug-likeness (QED) is 0.589. The molecule has 0 aliphatic heterocycles. The van der Waals surface area contributed by atoms with Gasteiger partial charge in [0.25, 0.3) is 0 Å². The number of ketones is 1. The van der Waals surface area contributed by atoms with Crippen molar-refractivity contribution in [3.05, 3.63) is 35.4 Å². The van der Waals surface area contributed by atoms with Crippen LogP contribution in [0.5, 0.6) is 0 Å². The van der Waals surface area contributed by atoms with Crippen molar-refractivity contribution in [3.8, 4) is 0 Å². The molecular weight excluding hydrogens is 274 g/mol. The summed E-state index contributed by atoms with van der Waals surface area (Å²) in [6.45, 7) is 4.61. The van der Waals surface area contributed by atoms with Crippen LogP contribution < -0.4 is 5.73 Å². The van der Waals surface area contributed by atoms with E-state index < -0.39 is 15.6 Å². The molecule has 112 valence electrons. The van der Waals surface area contributed by atoms with Gasteiger partial charge >= 0.3 is 0 Å². The largest absolute Gasteiger partial charge is 0.330 e. The summed E-state index contributed by atoms with van der Waals surface area (Å²) in [6.07, 6.45) is 1.18. The van der Waals surface area contributed by atoms with Gasteiger partial charge in [0.1, 0.15) is 5.75 Å². The first-order valence-corrected chi connectivity index (χ1v) is 8.71. The topological polar surface area (TPSA) is 77.2 Å². The lowest BCUT2D eigenvalue weighted by Crippen LogP contribution is -2.19. The molecule has 0 saturated heterocycles. The smallest absolute Gasteiger partial charge is 0.177 e. The van der Waals surface area contributed by atoms with Crippen molar-refractivity contribution in [2.75, 3.05) is 18.1 Å². The van der Waals surface area contributed by atoms with Gasteiger partial charge in [0.15, 0.2) is 15.6 Å². The first-order chi connectivity index (χ1) is 9.35. The molecule has 0 heterocycles. The van der Waals surface area contributed by atoms with Crippen LogP contribution in [0.2, 0.25) is 0 Å². The lowest BCUT2D eigenvalue weighted by Gasteiger charge is -2.07. The Hall–Kier alpha value is -1.20. The summed E-state index contributed by atoms with van der Waals surface area (Å²) in [7, 11) is -3.33. The predicted molar refractivity (Wildman–Crippen MR) is 81.8 cm³/mol. The standard InChI is InChI=1S/C15H23NO3S/c1-12(2)13-5-7-14(8-6-13)15(17)11-20(18,19)10-4-3-9-16/h5-8,12H,3-4,9-11,16H2,1-2H3. The van der Waals surface area contributed by atoms with E-state index in [1.165, 1.54) is 0 Å². The Labute approximate surface area is 121 Å². The fourth-order valence-electron chi connectivity index (χ4n) is 1.88. The SMILES string of the molecule is CC(C)c1ccc(C(=O)CS(=O)(=O)CCCCN)cc1. The monoisotopic (exact) mass is 297 g/mol. The minimum absolute atomic E-state index is 0.0278. The van der Waals surface area contributed by atoms with Crippen LogP contribution in [0.25, 0.3) is 0 Å². The highest BCUT2D eigenvalue weighted by atomic mass is 32.2. The van der Waals surface area contributed by atoms with Crippen LogP contribution in [-0.2, 0) is 9.84 Å². The summed E-state index contributed by atoms with van der Waals surface area (Å²) < 4.78 is 23.6. The fraction of sp³-hybridized carbons (Fsp3) is 0.533. The number of carbonyl (C=O) groups is 1. The van der Waals surface area contributed by atoms with Gasteiger partial charge in [-0.05, 0) is 30.9 Å². The highest BCUT2D eigenvalue weighted by Gasteiger charge is 2.17. The minimum atomic E-state index is -3.33.